The number of aromatic nitrogens is 1. The van der Waals surface area contributed by atoms with Crippen LogP contribution in [0, 0.1) is 6.92 Å². The lowest BCUT2D eigenvalue weighted by Crippen LogP contribution is -2.11. The van der Waals surface area contributed by atoms with Crippen molar-refractivity contribution in [1.82, 2.24) is 4.98 Å². The van der Waals surface area contributed by atoms with Crippen LogP contribution in [0.4, 0.5) is 13.2 Å². The molecule has 2 rings (SSSR count). The molecule has 0 aliphatic carbocycles. The molecule has 2 aromatic rings. The number of primary amides is 1. The van der Waals surface area contributed by atoms with Crippen LogP contribution in [-0.4, -0.2) is 10.9 Å². The Bertz CT molecular complexity index is 665. The van der Waals surface area contributed by atoms with Gasteiger partial charge in [0.1, 0.15) is 0 Å². The third kappa shape index (κ3) is 3.07. The number of carbonyl (C=O) groups excluding carboxylic acids is 1. The zero-order valence-electron chi connectivity index (χ0n) is 10.8. The van der Waals surface area contributed by atoms with Gasteiger partial charge in [-0.3, -0.25) is 9.78 Å². The van der Waals surface area contributed by atoms with Gasteiger partial charge in [0.15, 0.2) is 0 Å². The first-order chi connectivity index (χ1) is 9.27. The maximum Gasteiger partial charge on any atom is 0.416 e. The van der Waals surface area contributed by atoms with Gasteiger partial charge in [-0.1, -0.05) is 0 Å². The number of aryl methyl sites for hydroxylation is 2. The van der Waals surface area contributed by atoms with E-state index in [1.807, 2.05) is 0 Å². The van der Waals surface area contributed by atoms with E-state index >= 15 is 0 Å². The van der Waals surface area contributed by atoms with Crippen molar-refractivity contribution in [2.24, 2.45) is 5.73 Å². The van der Waals surface area contributed by atoms with Gasteiger partial charge in [0.25, 0.3) is 0 Å². The number of pyridine rings is 1. The van der Waals surface area contributed by atoms with Crippen molar-refractivity contribution < 1.29 is 18.0 Å². The minimum absolute atomic E-state index is 0.165. The van der Waals surface area contributed by atoms with Crippen LogP contribution >= 0.6 is 0 Å². The highest BCUT2D eigenvalue weighted by molar-refractivity contribution is 5.83. The third-order valence-electron chi connectivity index (χ3n) is 3.02. The minimum atomic E-state index is -4.37. The van der Waals surface area contributed by atoms with Crippen molar-refractivity contribution in [3.8, 4) is 0 Å². The second kappa shape index (κ2) is 5.11. The van der Waals surface area contributed by atoms with E-state index in [2.05, 4.69) is 4.98 Å². The summed E-state index contributed by atoms with van der Waals surface area (Å²) in [5.41, 5.74) is 6.20. The van der Waals surface area contributed by atoms with Crippen molar-refractivity contribution in [1.29, 1.82) is 0 Å². The number of hydrogen-bond donors (Lipinski definition) is 1. The number of hydrogen-bond acceptors (Lipinski definition) is 2. The van der Waals surface area contributed by atoms with Crippen LogP contribution in [-0.2, 0) is 17.4 Å². The lowest BCUT2D eigenvalue weighted by Gasteiger charge is -2.10. The van der Waals surface area contributed by atoms with Crippen LogP contribution in [0.15, 0.2) is 24.3 Å². The van der Waals surface area contributed by atoms with E-state index in [1.54, 1.807) is 13.0 Å². The topological polar surface area (TPSA) is 56.0 Å². The molecule has 1 aromatic carbocycles. The van der Waals surface area contributed by atoms with Gasteiger partial charge < -0.3 is 5.73 Å². The number of rotatable bonds is 3. The summed E-state index contributed by atoms with van der Waals surface area (Å²) in [5.74, 6) is -0.433. The Balaban J connectivity index is 2.44. The molecule has 0 bridgehead atoms. The van der Waals surface area contributed by atoms with E-state index in [0.717, 1.165) is 12.1 Å². The van der Waals surface area contributed by atoms with Crippen molar-refractivity contribution in [3.05, 3.63) is 41.1 Å². The summed E-state index contributed by atoms with van der Waals surface area (Å²) >= 11 is 0. The third-order valence-corrected chi connectivity index (χ3v) is 3.02. The fourth-order valence-corrected chi connectivity index (χ4v) is 2.02. The quantitative estimate of drug-likeness (QED) is 0.940. The number of fused-ring (bicyclic) bond motifs is 1. The molecular weight excluding hydrogens is 269 g/mol. The fourth-order valence-electron chi connectivity index (χ4n) is 2.02. The highest BCUT2D eigenvalue weighted by Gasteiger charge is 2.30. The Morgan fingerprint density at radius 3 is 2.60 bits per heavy atom. The van der Waals surface area contributed by atoms with Crippen LogP contribution in [0.3, 0.4) is 0 Å². The highest BCUT2D eigenvalue weighted by Crippen LogP contribution is 2.32. The average molecular weight is 282 g/mol. The summed E-state index contributed by atoms with van der Waals surface area (Å²) in [6.07, 6.45) is -3.82. The summed E-state index contributed by atoms with van der Waals surface area (Å²) in [4.78, 5) is 15.0. The molecule has 6 heteroatoms. The van der Waals surface area contributed by atoms with Gasteiger partial charge in [-0.25, -0.2) is 0 Å². The van der Waals surface area contributed by atoms with Crippen molar-refractivity contribution in [2.45, 2.75) is 25.9 Å². The first kappa shape index (κ1) is 14.3. The highest BCUT2D eigenvalue weighted by atomic mass is 19.4. The Morgan fingerprint density at radius 2 is 2.00 bits per heavy atom. The van der Waals surface area contributed by atoms with E-state index in [1.165, 1.54) is 6.07 Å². The van der Waals surface area contributed by atoms with Crippen molar-refractivity contribution in [2.75, 3.05) is 0 Å². The van der Waals surface area contributed by atoms with Gasteiger partial charge in [-0.05, 0) is 43.2 Å². The lowest BCUT2D eigenvalue weighted by molar-refractivity contribution is -0.137. The molecule has 0 aliphatic rings. The monoisotopic (exact) mass is 282 g/mol. The summed E-state index contributed by atoms with van der Waals surface area (Å²) in [6.45, 7) is 1.72. The number of benzene rings is 1. The molecule has 3 nitrogen and oxygen atoms in total. The van der Waals surface area contributed by atoms with Crippen LogP contribution in [0.25, 0.3) is 10.9 Å². The van der Waals surface area contributed by atoms with Gasteiger partial charge in [0.05, 0.1) is 11.1 Å². The minimum Gasteiger partial charge on any atom is -0.370 e. The first-order valence-electron chi connectivity index (χ1n) is 6.03. The summed E-state index contributed by atoms with van der Waals surface area (Å²) < 4.78 is 38.0. The summed E-state index contributed by atoms with van der Waals surface area (Å²) in [5, 5.41) is 0.461. The molecule has 1 heterocycles. The molecule has 1 amide bonds. The van der Waals surface area contributed by atoms with E-state index in [4.69, 9.17) is 5.73 Å². The van der Waals surface area contributed by atoms with Gasteiger partial charge >= 0.3 is 6.18 Å². The van der Waals surface area contributed by atoms with Crippen LogP contribution in [0.5, 0.6) is 0 Å². The molecule has 0 aliphatic heterocycles. The predicted molar refractivity (Wildman–Crippen MR) is 69.0 cm³/mol. The molecule has 0 saturated heterocycles. The molecule has 0 spiro atoms. The Kier molecular flexibility index (Phi) is 3.65. The maximum absolute atomic E-state index is 12.7. The van der Waals surface area contributed by atoms with Crippen LogP contribution in [0.1, 0.15) is 23.2 Å². The number of carbonyl (C=O) groups is 1. The Labute approximate surface area is 113 Å². The first-order valence-corrected chi connectivity index (χ1v) is 6.03. The maximum atomic E-state index is 12.7. The number of nitrogens with zero attached hydrogens (tertiary/aromatic N) is 1. The van der Waals surface area contributed by atoms with Crippen molar-refractivity contribution in [3.63, 3.8) is 0 Å². The fraction of sp³-hybridized carbons (Fsp3) is 0.286. The number of alkyl halides is 3. The smallest absolute Gasteiger partial charge is 0.370 e. The molecule has 2 N–H and O–H groups in total. The van der Waals surface area contributed by atoms with E-state index in [-0.39, 0.29) is 6.42 Å². The molecule has 0 radical (unpaired) electrons. The van der Waals surface area contributed by atoms with Gasteiger partial charge in [0, 0.05) is 17.5 Å². The zero-order chi connectivity index (χ0) is 14.9. The molecule has 0 atom stereocenters. The van der Waals surface area contributed by atoms with Crippen LogP contribution < -0.4 is 5.73 Å². The predicted octanol–water partition coefficient (Wildman–Crippen LogP) is 2.98. The van der Waals surface area contributed by atoms with Crippen molar-refractivity contribution >= 4 is 16.8 Å². The SMILES string of the molecule is Cc1cc(CCC(N)=O)nc2ccc(C(F)(F)F)cc12. The van der Waals surface area contributed by atoms with E-state index in [0.29, 0.717) is 28.6 Å². The summed E-state index contributed by atoms with van der Waals surface area (Å²) in [6, 6.07) is 5.13. The molecule has 0 unspecified atom stereocenters. The lowest BCUT2D eigenvalue weighted by atomic mass is 10.0. The van der Waals surface area contributed by atoms with Crippen LogP contribution in [0.2, 0.25) is 0 Å². The van der Waals surface area contributed by atoms with Gasteiger partial charge in [-0.2, -0.15) is 13.2 Å². The standard InChI is InChI=1S/C14H13F3N2O/c1-8-6-10(3-5-13(18)20)19-12-4-2-9(7-11(8)12)14(15,16)17/h2,4,6-7H,3,5H2,1H3,(H2,18,20). The summed E-state index contributed by atoms with van der Waals surface area (Å²) in [7, 11) is 0. The van der Waals surface area contributed by atoms with Gasteiger partial charge in [0.2, 0.25) is 5.91 Å². The molecule has 1 aromatic heterocycles. The number of halogens is 3. The van der Waals surface area contributed by atoms with E-state index in [9.17, 15) is 18.0 Å². The Hall–Kier alpha value is -2.11. The number of amides is 1. The van der Waals surface area contributed by atoms with Gasteiger partial charge in [-0.15, -0.1) is 0 Å². The second-order valence-corrected chi connectivity index (χ2v) is 4.63. The van der Waals surface area contributed by atoms with E-state index < -0.39 is 17.6 Å². The molecule has 20 heavy (non-hydrogen) atoms. The number of nitrogens with two attached hydrogens (primary N) is 1. The zero-order valence-corrected chi connectivity index (χ0v) is 10.8. The molecule has 106 valence electrons. The average Bonchev–Trinajstić information content (AvgIpc) is 2.35. The second-order valence-electron chi connectivity index (χ2n) is 4.63. The normalized spacial score (nSPS) is 11.8. The molecule has 0 saturated carbocycles. The Morgan fingerprint density at radius 1 is 1.30 bits per heavy atom. The largest absolute Gasteiger partial charge is 0.416 e. The molecular formula is C14H13F3N2O. The molecule has 0 fully saturated rings.